The molecular weight excluding hydrogens is 260 g/mol. The topological polar surface area (TPSA) is 83.5 Å². The normalized spacial score (nSPS) is 11.3. The average molecular weight is 276 g/mol. The first-order valence-corrected chi connectivity index (χ1v) is 6.78. The number of nitrogens with two attached hydrogens (primary N) is 1. The van der Waals surface area contributed by atoms with Crippen molar-refractivity contribution < 1.29 is 5.11 Å². The van der Waals surface area contributed by atoms with Crippen LogP contribution in [-0.2, 0) is 0 Å². The lowest BCUT2D eigenvalue weighted by Crippen LogP contribution is -1.94. The van der Waals surface area contributed by atoms with Crippen LogP contribution in [0.4, 0.5) is 10.9 Å². The Hall–Kier alpha value is -2.08. The zero-order valence-electron chi connectivity index (χ0n) is 10.8. The maximum atomic E-state index is 10.1. The molecule has 2 rings (SSSR count). The van der Waals surface area contributed by atoms with Gasteiger partial charge in [0.2, 0.25) is 5.13 Å². The fraction of sp³-hybridized carbons (Fsp3) is 0.231. The van der Waals surface area contributed by atoms with Gasteiger partial charge < -0.3 is 10.8 Å². The van der Waals surface area contributed by atoms with Crippen molar-refractivity contribution in [3.63, 3.8) is 0 Å². The average Bonchev–Trinajstić information content (AvgIpc) is 2.77. The second-order valence-corrected chi connectivity index (χ2v) is 5.25. The number of nitrogens with one attached hydrogen (secondary N) is 1. The van der Waals surface area contributed by atoms with Crippen LogP contribution in [0.15, 0.2) is 28.7 Å². The first kappa shape index (κ1) is 13.4. The van der Waals surface area contributed by atoms with E-state index in [9.17, 15) is 5.11 Å². The van der Waals surface area contributed by atoms with E-state index in [4.69, 9.17) is 5.73 Å². The first-order valence-electron chi connectivity index (χ1n) is 5.90. The summed E-state index contributed by atoms with van der Waals surface area (Å²) in [7, 11) is 0. The predicted octanol–water partition coefficient (Wildman–Crippen LogP) is 3.00. The van der Waals surface area contributed by atoms with Gasteiger partial charge in [0.25, 0.3) is 0 Å². The SMILES string of the molecule is CC(C)c1cccc(C=NNc2nc(N)cs2)c1O. The van der Waals surface area contributed by atoms with E-state index < -0.39 is 0 Å². The highest BCUT2D eigenvalue weighted by atomic mass is 32.1. The highest BCUT2D eigenvalue weighted by Gasteiger charge is 2.08. The maximum Gasteiger partial charge on any atom is 0.205 e. The molecule has 0 aliphatic carbocycles. The first-order chi connectivity index (χ1) is 9.08. The molecule has 19 heavy (non-hydrogen) atoms. The lowest BCUT2D eigenvalue weighted by atomic mass is 9.99. The number of hydrogen-bond acceptors (Lipinski definition) is 6. The van der Waals surface area contributed by atoms with Crippen molar-refractivity contribution in [3.8, 4) is 5.75 Å². The van der Waals surface area contributed by atoms with Crippen LogP contribution in [0, 0.1) is 0 Å². The van der Waals surface area contributed by atoms with Crippen LogP contribution in [0.2, 0.25) is 0 Å². The van der Waals surface area contributed by atoms with Gasteiger partial charge in [-0.05, 0) is 17.5 Å². The molecule has 0 bridgehead atoms. The van der Waals surface area contributed by atoms with Gasteiger partial charge >= 0.3 is 0 Å². The second-order valence-electron chi connectivity index (χ2n) is 4.39. The third kappa shape index (κ3) is 3.23. The van der Waals surface area contributed by atoms with E-state index >= 15 is 0 Å². The van der Waals surface area contributed by atoms with Crippen LogP contribution < -0.4 is 11.2 Å². The van der Waals surface area contributed by atoms with Crippen molar-refractivity contribution in [2.45, 2.75) is 19.8 Å². The van der Waals surface area contributed by atoms with Gasteiger partial charge in [-0.25, -0.2) is 4.98 Å². The van der Waals surface area contributed by atoms with E-state index in [0.29, 0.717) is 16.5 Å². The summed E-state index contributed by atoms with van der Waals surface area (Å²) in [6.07, 6.45) is 1.57. The third-order valence-corrected chi connectivity index (χ3v) is 3.37. The van der Waals surface area contributed by atoms with Gasteiger partial charge in [-0.15, -0.1) is 11.3 Å². The Morgan fingerprint density at radius 1 is 1.47 bits per heavy atom. The van der Waals surface area contributed by atoms with Gasteiger partial charge in [-0.2, -0.15) is 5.10 Å². The number of hydrogen-bond donors (Lipinski definition) is 3. The number of nitrogens with zero attached hydrogens (tertiary/aromatic N) is 2. The van der Waals surface area contributed by atoms with E-state index in [-0.39, 0.29) is 11.7 Å². The van der Waals surface area contributed by atoms with Gasteiger partial charge in [0.05, 0.1) is 6.21 Å². The molecule has 0 spiro atoms. The minimum absolute atomic E-state index is 0.264. The Morgan fingerprint density at radius 3 is 2.89 bits per heavy atom. The number of phenols is 1. The summed E-state index contributed by atoms with van der Waals surface area (Å²) in [6, 6.07) is 5.62. The molecule has 1 heterocycles. The molecule has 1 aromatic carbocycles. The Bertz CT molecular complexity index is 592. The molecule has 0 aliphatic heterocycles. The Kier molecular flexibility index (Phi) is 4.01. The molecule has 0 saturated heterocycles. The highest BCUT2D eigenvalue weighted by Crippen LogP contribution is 2.27. The van der Waals surface area contributed by atoms with Gasteiger partial charge in [0, 0.05) is 10.9 Å². The van der Waals surface area contributed by atoms with Crippen LogP contribution in [-0.4, -0.2) is 16.3 Å². The molecule has 2 aromatic rings. The Balaban J connectivity index is 2.12. The summed E-state index contributed by atoms with van der Waals surface area (Å²) in [5.74, 6) is 0.995. The Morgan fingerprint density at radius 2 is 2.26 bits per heavy atom. The van der Waals surface area contributed by atoms with E-state index in [1.807, 2.05) is 32.0 Å². The molecule has 0 atom stereocenters. The minimum atomic E-state index is 0.264. The zero-order valence-corrected chi connectivity index (χ0v) is 11.6. The summed E-state index contributed by atoms with van der Waals surface area (Å²) in [5.41, 5.74) is 9.86. The van der Waals surface area contributed by atoms with Gasteiger partial charge in [-0.1, -0.05) is 26.0 Å². The van der Waals surface area contributed by atoms with Crippen LogP contribution in [0.1, 0.15) is 30.9 Å². The number of aromatic hydroxyl groups is 1. The lowest BCUT2D eigenvalue weighted by molar-refractivity contribution is 0.464. The summed E-state index contributed by atoms with van der Waals surface area (Å²) in [6.45, 7) is 4.07. The molecule has 1 aromatic heterocycles. The monoisotopic (exact) mass is 276 g/mol. The van der Waals surface area contributed by atoms with Crippen LogP contribution in [0.3, 0.4) is 0 Å². The summed E-state index contributed by atoms with van der Waals surface area (Å²) in [4.78, 5) is 4.02. The molecule has 0 fully saturated rings. The number of nitrogen functional groups attached to an aromatic ring is 1. The van der Waals surface area contributed by atoms with E-state index in [1.165, 1.54) is 11.3 Å². The third-order valence-electron chi connectivity index (χ3n) is 2.61. The maximum absolute atomic E-state index is 10.1. The molecule has 100 valence electrons. The zero-order chi connectivity index (χ0) is 13.8. The minimum Gasteiger partial charge on any atom is -0.507 e. The van der Waals surface area contributed by atoms with Gasteiger partial charge in [0.1, 0.15) is 11.6 Å². The molecule has 0 unspecified atom stereocenters. The Labute approximate surface area is 115 Å². The molecule has 0 radical (unpaired) electrons. The number of aromatic nitrogens is 1. The van der Waals surface area contributed by atoms with Crippen molar-refractivity contribution >= 4 is 28.5 Å². The quantitative estimate of drug-likeness (QED) is 0.592. The number of rotatable bonds is 4. The van der Waals surface area contributed by atoms with Crippen molar-refractivity contribution in [2.24, 2.45) is 5.10 Å². The van der Waals surface area contributed by atoms with E-state index in [0.717, 1.165) is 5.56 Å². The van der Waals surface area contributed by atoms with Crippen molar-refractivity contribution in [2.75, 3.05) is 11.2 Å². The van der Waals surface area contributed by atoms with Crippen molar-refractivity contribution in [1.82, 2.24) is 4.98 Å². The highest BCUT2D eigenvalue weighted by molar-refractivity contribution is 7.14. The molecule has 4 N–H and O–H groups in total. The standard InChI is InChI=1S/C13H16N4OS/c1-8(2)10-5-3-4-9(12(10)18)6-15-17-13-16-11(14)7-19-13/h3-8,18H,14H2,1-2H3,(H,16,17). The number of anilines is 2. The fourth-order valence-electron chi connectivity index (χ4n) is 1.64. The molecule has 5 nitrogen and oxygen atoms in total. The number of para-hydroxylation sites is 1. The lowest BCUT2D eigenvalue weighted by Gasteiger charge is -2.09. The van der Waals surface area contributed by atoms with Crippen LogP contribution in [0.25, 0.3) is 0 Å². The van der Waals surface area contributed by atoms with Crippen LogP contribution in [0.5, 0.6) is 5.75 Å². The smallest absolute Gasteiger partial charge is 0.205 e. The van der Waals surface area contributed by atoms with Gasteiger partial charge in [0.15, 0.2) is 0 Å². The molecule has 0 saturated carbocycles. The van der Waals surface area contributed by atoms with Gasteiger partial charge in [-0.3, -0.25) is 5.43 Å². The number of hydrazone groups is 1. The number of phenolic OH excluding ortho intramolecular Hbond substituents is 1. The molecule has 6 heteroatoms. The summed E-state index contributed by atoms with van der Waals surface area (Å²) in [5, 5.41) is 16.5. The number of thiazole rings is 1. The van der Waals surface area contributed by atoms with E-state index in [1.54, 1.807) is 11.6 Å². The fourth-order valence-corrected chi connectivity index (χ4v) is 2.19. The molecule has 0 amide bonds. The largest absolute Gasteiger partial charge is 0.507 e. The summed E-state index contributed by atoms with van der Waals surface area (Å²) >= 11 is 1.37. The second kappa shape index (κ2) is 5.71. The molecular formula is C13H16N4OS. The summed E-state index contributed by atoms with van der Waals surface area (Å²) < 4.78 is 0. The molecule has 0 aliphatic rings. The number of benzene rings is 1. The predicted molar refractivity (Wildman–Crippen MR) is 79.9 cm³/mol. The van der Waals surface area contributed by atoms with Crippen molar-refractivity contribution in [1.29, 1.82) is 0 Å². The van der Waals surface area contributed by atoms with Crippen molar-refractivity contribution in [3.05, 3.63) is 34.7 Å². The van der Waals surface area contributed by atoms with Crippen LogP contribution >= 0.6 is 11.3 Å². The van der Waals surface area contributed by atoms with E-state index in [2.05, 4.69) is 15.5 Å².